The van der Waals surface area contributed by atoms with Gasteiger partial charge in [-0.3, -0.25) is 4.79 Å². The number of thiocarbonyl (C=S) groups is 1. The number of aliphatic carboxylic acids is 1. The minimum atomic E-state index is -0.769. The summed E-state index contributed by atoms with van der Waals surface area (Å²) in [5, 5.41) is 9.20. The lowest BCUT2D eigenvalue weighted by Crippen LogP contribution is -2.09. The van der Waals surface area contributed by atoms with Crippen LogP contribution in [-0.4, -0.2) is 20.5 Å². The fourth-order valence-corrected chi connectivity index (χ4v) is 2.87. The van der Waals surface area contributed by atoms with Crippen LogP contribution >= 0.6 is 12.2 Å². The molecule has 0 aliphatic carbocycles. The maximum absolute atomic E-state index is 11.2. The van der Waals surface area contributed by atoms with Crippen molar-refractivity contribution in [2.45, 2.75) is 25.8 Å². The predicted octanol–water partition coefficient (Wildman–Crippen LogP) is 3.47. The summed E-state index contributed by atoms with van der Waals surface area (Å²) in [7, 11) is 0. The predicted molar refractivity (Wildman–Crippen MR) is 84.2 cm³/mol. The highest BCUT2D eigenvalue weighted by Crippen LogP contribution is 2.31. The van der Waals surface area contributed by atoms with Gasteiger partial charge in [0.15, 0.2) is 0 Å². The van der Waals surface area contributed by atoms with Crippen molar-refractivity contribution in [3.63, 3.8) is 0 Å². The minimum Gasteiger partial charge on any atom is -0.481 e. The Morgan fingerprint density at radius 3 is 2.90 bits per heavy atom. The second-order valence-corrected chi connectivity index (χ2v) is 5.07. The first-order valence-corrected chi connectivity index (χ1v) is 6.93. The Kier molecular flexibility index (Phi) is 4.35. The molecule has 0 amide bonds. The first-order valence-electron chi connectivity index (χ1n) is 6.52. The molecule has 0 fully saturated rings. The van der Waals surface area contributed by atoms with Crippen molar-refractivity contribution in [1.82, 2.24) is 4.57 Å². The lowest BCUT2D eigenvalue weighted by molar-refractivity contribution is -0.138. The van der Waals surface area contributed by atoms with Crippen molar-refractivity contribution >= 4 is 23.1 Å². The van der Waals surface area contributed by atoms with Crippen LogP contribution < -0.4 is 0 Å². The highest BCUT2D eigenvalue weighted by Gasteiger charge is 2.30. The fraction of sp³-hybridized carbons (Fsp3) is 0.250. The van der Waals surface area contributed by atoms with Crippen molar-refractivity contribution in [1.29, 1.82) is 0 Å². The van der Waals surface area contributed by atoms with Crippen LogP contribution in [0.3, 0.4) is 0 Å². The Morgan fingerprint density at radius 2 is 2.30 bits per heavy atom. The van der Waals surface area contributed by atoms with E-state index in [2.05, 4.69) is 6.58 Å². The zero-order valence-corrected chi connectivity index (χ0v) is 12.2. The van der Waals surface area contributed by atoms with Crippen LogP contribution in [0.15, 0.2) is 48.6 Å². The van der Waals surface area contributed by atoms with Crippen LogP contribution in [0.2, 0.25) is 0 Å². The summed E-state index contributed by atoms with van der Waals surface area (Å²) in [5.41, 5.74) is 2.66. The molecular formula is C16H17NO2S. The van der Waals surface area contributed by atoms with E-state index in [4.69, 9.17) is 12.2 Å². The zero-order chi connectivity index (χ0) is 14.7. The van der Waals surface area contributed by atoms with E-state index < -0.39 is 11.9 Å². The first kappa shape index (κ1) is 14.5. The number of rotatable bonds is 5. The molecule has 1 aliphatic heterocycles. The van der Waals surface area contributed by atoms with Crippen LogP contribution in [0.25, 0.3) is 0 Å². The monoisotopic (exact) mass is 287 g/mol. The van der Waals surface area contributed by atoms with Crippen molar-refractivity contribution in [3.8, 4) is 0 Å². The third kappa shape index (κ3) is 2.51. The summed E-state index contributed by atoms with van der Waals surface area (Å²) in [6.45, 7) is 6.33. The Balaban J connectivity index is 2.39. The zero-order valence-electron chi connectivity index (χ0n) is 11.4. The molecule has 104 valence electrons. The molecule has 1 aromatic heterocycles. The van der Waals surface area contributed by atoms with Gasteiger partial charge in [0.1, 0.15) is 0 Å². The van der Waals surface area contributed by atoms with Crippen LogP contribution in [0.4, 0.5) is 0 Å². The van der Waals surface area contributed by atoms with E-state index in [0.29, 0.717) is 13.0 Å². The van der Waals surface area contributed by atoms with Gasteiger partial charge in [0, 0.05) is 12.2 Å². The maximum atomic E-state index is 11.2. The Labute approximate surface area is 123 Å². The molecule has 0 aromatic carbocycles. The fourth-order valence-electron chi connectivity index (χ4n) is 2.55. The van der Waals surface area contributed by atoms with Gasteiger partial charge >= 0.3 is 5.97 Å². The lowest BCUT2D eigenvalue weighted by atomic mass is 10.1. The summed E-state index contributed by atoms with van der Waals surface area (Å²) < 4.78 is 2.02. The van der Waals surface area contributed by atoms with Crippen molar-refractivity contribution < 1.29 is 9.90 Å². The van der Waals surface area contributed by atoms with E-state index in [9.17, 15) is 9.90 Å². The highest BCUT2D eigenvalue weighted by molar-refractivity contribution is 7.81. The molecular weight excluding hydrogens is 270 g/mol. The highest BCUT2D eigenvalue weighted by atomic mass is 32.1. The molecule has 1 unspecified atom stereocenters. The number of hydrogen-bond donors (Lipinski definition) is 1. The molecule has 1 atom stereocenters. The molecule has 1 aliphatic rings. The molecule has 3 nitrogen and oxygen atoms in total. The quantitative estimate of drug-likeness (QED) is 0.390. The van der Waals surface area contributed by atoms with Gasteiger partial charge in [0.05, 0.1) is 16.5 Å². The van der Waals surface area contributed by atoms with E-state index >= 15 is 0 Å². The summed E-state index contributed by atoms with van der Waals surface area (Å²) in [5.74, 6) is -1.19. The van der Waals surface area contributed by atoms with Crippen molar-refractivity contribution in [3.05, 3.63) is 60.0 Å². The lowest BCUT2D eigenvalue weighted by Gasteiger charge is -2.08. The van der Waals surface area contributed by atoms with E-state index in [1.54, 1.807) is 6.08 Å². The number of nitrogens with zero attached hydrogens (tertiary/aromatic N) is 1. The maximum Gasteiger partial charge on any atom is 0.312 e. The van der Waals surface area contributed by atoms with E-state index in [0.717, 1.165) is 21.8 Å². The molecule has 2 heterocycles. The van der Waals surface area contributed by atoms with Gasteiger partial charge in [-0.15, -0.1) is 0 Å². The van der Waals surface area contributed by atoms with Crippen LogP contribution in [0, 0.1) is 0 Å². The largest absolute Gasteiger partial charge is 0.481 e. The van der Waals surface area contributed by atoms with Gasteiger partial charge in [-0.2, -0.15) is 0 Å². The van der Waals surface area contributed by atoms with Gasteiger partial charge in [-0.25, -0.2) is 0 Å². The number of allylic oxidation sites excluding steroid dienone is 5. The van der Waals surface area contributed by atoms with Crippen LogP contribution in [-0.2, 0) is 11.3 Å². The van der Waals surface area contributed by atoms with Crippen LogP contribution in [0.1, 0.15) is 30.7 Å². The summed E-state index contributed by atoms with van der Waals surface area (Å²) in [6.07, 6.45) is 8.07. The number of carboxylic acid groups (broad SMARTS) is 1. The van der Waals surface area contributed by atoms with Gasteiger partial charge in [0.25, 0.3) is 0 Å². The van der Waals surface area contributed by atoms with Crippen LogP contribution in [0.5, 0.6) is 0 Å². The summed E-state index contributed by atoms with van der Waals surface area (Å²) in [6, 6.07) is 3.78. The van der Waals surface area contributed by atoms with Gasteiger partial charge in [-0.1, -0.05) is 43.1 Å². The molecule has 2 rings (SSSR count). The SMILES string of the molecule is C=C/C=C(\C=C/C)C(=S)c1ccc2n1CCC2C(=O)O. The van der Waals surface area contributed by atoms with Crippen molar-refractivity contribution in [2.24, 2.45) is 0 Å². The summed E-state index contributed by atoms with van der Waals surface area (Å²) in [4.78, 5) is 11.9. The topological polar surface area (TPSA) is 42.2 Å². The number of carbonyl (C=O) groups is 1. The Morgan fingerprint density at radius 1 is 1.55 bits per heavy atom. The molecule has 0 saturated heterocycles. The van der Waals surface area contributed by atoms with Gasteiger partial charge in [-0.05, 0) is 31.1 Å². The molecule has 4 heteroatoms. The summed E-state index contributed by atoms with van der Waals surface area (Å²) >= 11 is 5.54. The molecule has 0 radical (unpaired) electrons. The van der Waals surface area contributed by atoms with E-state index in [1.807, 2.05) is 41.9 Å². The molecule has 20 heavy (non-hydrogen) atoms. The first-order chi connectivity index (χ1) is 9.60. The molecule has 0 bridgehead atoms. The molecule has 1 N–H and O–H groups in total. The smallest absolute Gasteiger partial charge is 0.312 e. The average Bonchev–Trinajstić information content (AvgIpc) is 2.98. The molecule has 0 spiro atoms. The second-order valence-electron chi connectivity index (χ2n) is 4.66. The standard InChI is InChI=1S/C16H17NO2S/c1-3-5-11(6-4-2)15(20)14-8-7-13-12(16(18)19)9-10-17(13)14/h3-8,12H,1,9-10H2,2H3,(H,18,19)/b6-4-,11-5+. The second kappa shape index (κ2) is 6.01. The molecule has 0 saturated carbocycles. The Bertz CT molecular complexity index is 622. The molecule has 1 aromatic rings. The average molecular weight is 287 g/mol. The minimum absolute atomic E-state index is 0.417. The van der Waals surface area contributed by atoms with E-state index in [-0.39, 0.29) is 0 Å². The van der Waals surface area contributed by atoms with E-state index in [1.165, 1.54) is 0 Å². The normalized spacial score (nSPS) is 18.2. The number of hydrogen-bond acceptors (Lipinski definition) is 2. The van der Waals surface area contributed by atoms with Gasteiger partial charge < -0.3 is 9.67 Å². The third-order valence-electron chi connectivity index (χ3n) is 3.45. The van der Waals surface area contributed by atoms with Crippen molar-refractivity contribution in [2.75, 3.05) is 0 Å². The number of carboxylic acids is 1. The number of aromatic nitrogens is 1. The third-order valence-corrected chi connectivity index (χ3v) is 3.89. The number of fused-ring (bicyclic) bond motifs is 1. The van der Waals surface area contributed by atoms with Gasteiger partial charge in [0.2, 0.25) is 0 Å². The Hall–Kier alpha value is -1.94.